The summed E-state index contributed by atoms with van der Waals surface area (Å²) in [5, 5.41) is 6.70. The van der Waals surface area contributed by atoms with Crippen molar-refractivity contribution in [1.29, 1.82) is 0 Å². The molecule has 0 aliphatic rings. The second kappa shape index (κ2) is 3.57. The van der Waals surface area contributed by atoms with Crippen LogP contribution < -0.4 is 0 Å². The molecule has 0 spiro atoms. The van der Waals surface area contributed by atoms with Gasteiger partial charge in [-0.25, -0.2) is 9.37 Å². The van der Waals surface area contributed by atoms with Crippen molar-refractivity contribution in [2.24, 2.45) is 0 Å². The maximum absolute atomic E-state index is 13.3. The van der Waals surface area contributed by atoms with Gasteiger partial charge >= 0.3 is 0 Å². The largest absolute Gasteiger partial charge is 0.263 e. The van der Waals surface area contributed by atoms with E-state index >= 15 is 0 Å². The molecule has 14 heavy (non-hydrogen) atoms. The van der Waals surface area contributed by atoms with Crippen LogP contribution in [0.5, 0.6) is 0 Å². The molecule has 0 amide bonds. The van der Waals surface area contributed by atoms with Gasteiger partial charge < -0.3 is 0 Å². The van der Waals surface area contributed by atoms with Crippen molar-refractivity contribution < 1.29 is 4.39 Å². The molecule has 0 aliphatic carbocycles. The predicted octanol–water partition coefficient (Wildman–Crippen LogP) is 2.17. The average Bonchev–Trinajstić information content (AvgIpc) is 2.67. The van der Waals surface area contributed by atoms with Crippen LogP contribution in [0.1, 0.15) is 12.7 Å². The van der Waals surface area contributed by atoms with Crippen LogP contribution in [0.15, 0.2) is 24.3 Å². The Morgan fingerprint density at radius 3 is 2.79 bits per heavy atom. The molecule has 0 saturated carbocycles. The van der Waals surface area contributed by atoms with E-state index in [0.29, 0.717) is 11.4 Å². The summed E-state index contributed by atoms with van der Waals surface area (Å²) < 4.78 is 13.3. The van der Waals surface area contributed by atoms with Gasteiger partial charge in [0.05, 0.1) is 5.56 Å². The third-order valence-electron chi connectivity index (χ3n) is 1.98. The van der Waals surface area contributed by atoms with E-state index < -0.39 is 0 Å². The lowest BCUT2D eigenvalue weighted by Crippen LogP contribution is -1.86. The zero-order chi connectivity index (χ0) is 9.97. The molecule has 0 unspecified atom stereocenters. The quantitative estimate of drug-likeness (QED) is 0.790. The molecule has 1 N–H and O–H groups in total. The Morgan fingerprint density at radius 2 is 2.14 bits per heavy atom. The normalized spacial score (nSPS) is 10.4. The molecular weight excluding hydrogens is 181 g/mol. The first-order chi connectivity index (χ1) is 6.81. The zero-order valence-electron chi connectivity index (χ0n) is 7.79. The fourth-order valence-corrected chi connectivity index (χ4v) is 1.22. The first-order valence-corrected chi connectivity index (χ1v) is 4.47. The van der Waals surface area contributed by atoms with Crippen molar-refractivity contribution in [3.05, 3.63) is 35.9 Å². The van der Waals surface area contributed by atoms with E-state index in [1.54, 1.807) is 18.2 Å². The molecule has 72 valence electrons. The monoisotopic (exact) mass is 191 g/mol. The fraction of sp³-hybridized carbons (Fsp3) is 0.200. The van der Waals surface area contributed by atoms with E-state index in [9.17, 15) is 4.39 Å². The molecule has 0 aliphatic heterocycles. The van der Waals surface area contributed by atoms with E-state index in [4.69, 9.17) is 0 Å². The minimum Gasteiger partial charge on any atom is -0.263 e. The van der Waals surface area contributed by atoms with Gasteiger partial charge in [0.25, 0.3) is 0 Å². The Labute approximate surface area is 81.0 Å². The summed E-state index contributed by atoms with van der Waals surface area (Å²) in [5.74, 6) is 0.886. The molecule has 2 aromatic rings. The molecule has 3 nitrogen and oxygen atoms in total. The van der Waals surface area contributed by atoms with Crippen LogP contribution in [0, 0.1) is 5.82 Å². The van der Waals surface area contributed by atoms with Crippen LogP contribution in [0.25, 0.3) is 11.4 Å². The zero-order valence-corrected chi connectivity index (χ0v) is 7.79. The van der Waals surface area contributed by atoms with Crippen molar-refractivity contribution in [3.63, 3.8) is 0 Å². The second-order valence-corrected chi connectivity index (χ2v) is 2.94. The van der Waals surface area contributed by atoms with Crippen molar-refractivity contribution in [2.45, 2.75) is 13.3 Å². The lowest BCUT2D eigenvalue weighted by molar-refractivity contribution is 0.630. The number of benzene rings is 1. The topological polar surface area (TPSA) is 41.6 Å². The van der Waals surface area contributed by atoms with Crippen LogP contribution in [-0.4, -0.2) is 15.2 Å². The number of H-pyrrole nitrogens is 1. The maximum atomic E-state index is 13.3. The van der Waals surface area contributed by atoms with Gasteiger partial charge in [0.2, 0.25) is 0 Å². The highest BCUT2D eigenvalue weighted by Crippen LogP contribution is 2.17. The van der Waals surface area contributed by atoms with Crippen molar-refractivity contribution in [1.82, 2.24) is 15.2 Å². The number of rotatable bonds is 2. The summed E-state index contributed by atoms with van der Waals surface area (Å²) in [6, 6.07) is 6.47. The summed E-state index contributed by atoms with van der Waals surface area (Å²) in [4.78, 5) is 4.15. The number of halogens is 1. The van der Waals surface area contributed by atoms with Gasteiger partial charge in [0.1, 0.15) is 11.6 Å². The Kier molecular flexibility index (Phi) is 2.26. The number of nitrogens with zero attached hydrogens (tertiary/aromatic N) is 2. The molecule has 1 heterocycles. The molecule has 4 heteroatoms. The highest BCUT2D eigenvalue weighted by Gasteiger charge is 2.08. The van der Waals surface area contributed by atoms with Gasteiger partial charge in [-0.3, -0.25) is 5.10 Å². The number of nitrogens with one attached hydrogen (secondary N) is 1. The van der Waals surface area contributed by atoms with Crippen LogP contribution in [-0.2, 0) is 6.42 Å². The molecule has 1 aromatic carbocycles. The Morgan fingerprint density at radius 1 is 1.36 bits per heavy atom. The Balaban J connectivity index is 2.44. The third kappa shape index (κ3) is 1.51. The third-order valence-corrected chi connectivity index (χ3v) is 1.98. The number of aromatic amines is 1. The smallest absolute Gasteiger partial charge is 0.184 e. The summed E-state index contributed by atoms with van der Waals surface area (Å²) in [6.07, 6.45) is 0.765. The summed E-state index contributed by atoms with van der Waals surface area (Å²) in [6.45, 7) is 1.96. The Hall–Kier alpha value is -1.71. The lowest BCUT2D eigenvalue weighted by Gasteiger charge is -1.95. The van der Waals surface area contributed by atoms with E-state index in [0.717, 1.165) is 12.2 Å². The van der Waals surface area contributed by atoms with Gasteiger partial charge in [-0.1, -0.05) is 19.1 Å². The average molecular weight is 191 g/mol. The summed E-state index contributed by atoms with van der Waals surface area (Å²) in [7, 11) is 0. The van der Waals surface area contributed by atoms with E-state index in [2.05, 4.69) is 15.2 Å². The standard InChI is InChI=1S/C10H10FN3/c1-2-9-12-10(14-13-9)7-5-3-4-6-8(7)11/h3-6H,2H2,1H3,(H,12,13,14). The molecule has 1 aromatic heterocycles. The number of hydrogen-bond donors (Lipinski definition) is 1. The number of aryl methyl sites for hydroxylation is 1. The maximum Gasteiger partial charge on any atom is 0.184 e. The van der Waals surface area contributed by atoms with Crippen molar-refractivity contribution in [3.8, 4) is 11.4 Å². The molecular formula is C10H10FN3. The number of aromatic nitrogens is 3. The first kappa shape index (κ1) is 8.87. The van der Waals surface area contributed by atoms with Crippen molar-refractivity contribution >= 4 is 0 Å². The lowest BCUT2D eigenvalue weighted by atomic mass is 10.2. The van der Waals surface area contributed by atoms with E-state index in [1.807, 2.05) is 6.92 Å². The molecule has 0 saturated heterocycles. The first-order valence-electron chi connectivity index (χ1n) is 4.47. The minimum atomic E-state index is -0.297. The van der Waals surface area contributed by atoms with Gasteiger partial charge in [-0.2, -0.15) is 5.10 Å². The molecule has 0 fully saturated rings. The van der Waals surface area contributed by atoms with Crippen LogP contribution in [0.4, 0.5) is 4.39 Å². The van der Waals surface area contributed by atoms with Gasteiger partial charge in [-0.05, 0) is 12.1 Å². The Bertz CT molecular complexity index is 436. The van der Waals surface area contributed by atoms with E-state index in [-0.39, 0.29) is 5.82 Å². The van der Waals surface area contributed by atoms with Gasteiger partial charge in [-0.15, -0.1) is 0 Å². The molecule has 0 bridgehead atoms. The predicted molar refractivity (Wildman–Crippen MR) is 51.2 cm³/mol. The van der Waals surface area contributed by atoms with Crippen LogP contribution >= 0.6 is 0 Å². The molecule has 0 atom stereocenters. The summed E-state index contributed by atoms with van der Waals surface area (Å²) in [5.41, 5.74) is 0.434. The minimum absolute atomic E-state index is 0.297. The highest BCUT2D eigenvalue weighted by atomic mass is 19.1. The van der Waals surface area contributed by atoms with Crippen molar-refractivity contribution in [2.75, 3.05) is 0 Å². The van der Waals surface area contributed by atoms with E-state index in [1.165, 1.54) is 6.07 Å². The molecule has 2 rings (SSSR count). The second-order valence-electron chi connectivity index (χ2n) is 2.94. The number of hydrogen-bond acceptors (Lipinski definition) is 2. The fourth-order valence-electron chi connectivity index (χ4n) is 1.22. The van der Waals surface area contributed by atoms with Gasteiger partial charge in [0, 0.05) is 6.42 Å². The summed E-state index contributed by atoms with van der Waals surface area (Å²) >= 11 is 0. The highest BCUT2D eigenvalue weighted by molar-refractivity contribution is 5.55. The SMILES string of the molecule is CCc1nc(-c2ccccc2F)n[nH]1. The molecule has 0 radical (unpaired) electrons. The van der Waals surface area contributed by atoms with Gasteiger partial charge in [0.15, 0.2) is 5.82 Å². The van der Waals surface area contributed by atoms with Crippen LogP contribution in [0.3, 0.4) is 0 Å². The van der Waals surface area contributed by atoms with Crippen LogP contribution in [0.2, 0.25) is 0 Å².